The molecule has 0 radical (unpaired) electrons. The molecule has 124 valence electrons. The fraction of sp³-hybridized carbons (Fsp3) is 0.471. The van der Waals surface area contributed by atoms with Crippen molar-refractivity contribution >= 4 is 17.3 Å². The summed E-state index contributed by atoms with van der Waals surface area (Å²) < 4.78 is 0. The minimum atomic E-state index is -0.421. The second-order valence-electron chi connectivity index (χ2n) is 6.34. The van der Waals surface area contributed by atoms with Crippen molar-refractivity contribution in [2.75, 3.05) is 11.9 Å². The average Bonchev–Trinajstić information content (AvgIpc) is 2.70. The van der Waals surface area contributed by atoms with Crippen molar-refractivity contribution in [1.82, 2.24) is 4.90 Å². The summed E-state index contributed by atoms with van der Waals surface area (Å²) in [6, 6.07) is 6.36. The summed E-state index contributed by atoms with van der Waals surface area (Å²) in [4.78, 5) is 24.7. The molecule has 1 heterocycles. The van der Waals surface area contributed by atoms with Crippen LogP contribution in [0.2, 0.25) is 0 Å². The molecule has 6 heteroatoms. The Morgan fingerprint density at radius 3 is 2.65 bits per heavy atom. The second-order valence-corrected chi connectivity index (χ2v) is 6.34. The van der Waals surface area contributed by atoms with E-state index in [-0.39, 0.29) is 17.8 Å². The molecule has 2 rings (SSSR count). The molecular formula is C17H23N3O3. The standard InChI is InChI=1S/C17H23N3O3/c1-11(2)8-9-19-16(12(3)13(4)17(19)21)18-14-6-5-7-15(10-14)20(22)23/h5-7,10-11,16,18H,8-9H2,1-4H3. The van der Waals surface area contributed by atoms with Crippen molar-refractivity contribution in [2.45, 2.75) is 40.3 Å². The molecule has 1 N–H and O–H groups in total. The fourth-order valence-corrected chi connectivity index (χ4v) is 2.62. The maximum absolute atomic E-state index is 12.4. The van der Waals surface area contributed by atoms with Crippen LogP contribution in [-0.4, -0.2) is 28.4 Å². The topological polar surface area (TPSA) is 75.5 Å². The highest BCUT2D eigenvalue weighted by atomic mass is 16.6. The molecule has 6 nitrogen and oxygen atoms in total. The van der Waals surface area contributed by atoms with Crippen LogP contribution < -0.4 is 5.32 Å². The van der Waals surface area contributed by atoms with E-state index in [1.54, 1.807) is 12.1 Å². The first-order valence-electron chi connectivity index (χ1n) is 7.80. The van der Waals surface area contributed by atoms with E-state index in [2.05, 4.69) is 19.2 Å². The summed E-state index contributed by atoms with van der Waals surface area (Å²) in [7, 11) is 0. The van der Waals surface area contributed by atoms with Crippen molar-refractivity contribution < 1.29 is 9.72 Å². The predicted molar refractivity (Wildman–Crippen MR) is 90.0 cm³/mol. The van der Waals surface area contributed by atoms with E-state index < -0.39 is 4.92 Å². The maximum atomic E-state index is 12.4. The first-order chi connectivity index (χ1) is 10.8. The Bertz CT molecular complexity index is 652. The SMILES string of the molecule is CC1=C(C)C(Nc2cccc([N+](=O)[O-])c2)N(CCC(C)C)C1=O. The van der Waals surface area contributed by atoms with Gasteiger partial charge in [0.2, 0.25) is 0 Å². The van der Waals surface area contributed by atoms with Crippen molar-refractivity contribution in [2.24, 2.45) is 5.92 Å². The molecule has 0 saturated carbocycles. The van der Waals surface area contributed by atoms with Crippen molar-refractivity contribution in [3.8, 4) is 0 Å². The Morgan fingerprint density at radius 2 is 2.04 bits per heavy atom. The van der Waals surface area contributed by atoms with Gasteiger partial charge in [0.15, 0.2) is 0 Å². The molecule has 0 spiro atoms. The number of nitrogens with zero attached hydrogens (tertiary/aromatic N) is 2. The summed E-state index contributed by atoms with van der Waals surface area (Å²) in [5.74, 6) is 0.536. The molecule has 1 unspecified atom stereocenters. The first-order valence-corrected chi connectivity index (χ1v) is 7.80. The largest absolute Gasteiger partial charge is 0.361 e. The van der Waals surface area contributed by atoms with Crippen LogP contribution in [-0.2, 0) is 4.79 Å². The number of carbonyl (C=O) groups excluding carboxylic acids is 1. The third kappa shape index (κ3) is 3.70. The quantitative estimate of drug-likeness (QED) is 0.643. The minimum Gasteiger partial charge on any atom is -0.361 e. The summed E-state index contributed by atoms with van der Waals surface area (Å²) in [5, 5.41) is 14.2. The van der Waals surface area contributed by atoms with E-state index in [0.29, 0.717) is 18.2 Å². The lowest BCUT2D eigenvalue weighted by Gasteiger charge is -2.28. The molecule has 0 aliphatic carbocycles. The number of amides is 1. The number of nitrogens with one attached hydrogen (secondary N) is 1. The number of nitro groups is 1. The molecule has 1 aromatic carbocycles. The predicted octanol–water partition coefficient (Wildman–Crippen LogP) is 3.56. The molecular weight excluding hydrogens is 294 g/mol. The normalized spacial score (nSPS) is 18.0. The van der Waals surface area contributed by atoms with E-state index in [4.69, 9.17) is 0 Å². The molecule has 0 fully saturated rings. The van der Waals surface area contributed by atoms with Crippen LogP contribution in [0.5, 0.6) is 0 Å². The Balaban J connectivity index is 2.22. The summed E-state index contributed by atoms with van der Waals surface area (Å²) >= 11 is 0. The van der Waals surface area contributed by atoms with Crippen LogP contribution in [0, 0.1) is 16.0 Å². The maximum Gasteiger partial charge on any atom is 0.271 e. The van der Waals surface area contributed by atoms with Gasteiger partial charge >= 0.3 is 0 Å². The molecule has 1 amide bonds. The molecule has 0 aromatic heterocycles. The molecule has 1 aliphatic heterocycles. The highest BCUT2D eigenvalue weighted by molar-refractivity contribution is 5.97. The van der Waals surface area contributed by atoms with Gasteiger partial charge in [-0.1, -0.05) is 19.9 Å². The Kier molecular flexibility index (Phi) is 5.03. The van der Waals surface area contributed by atoms with E-state index in [1.807, 2.05) is 18.7 Å². The van der Waals surface area contributed by atoms with Gasteiger partial charge in [0.05, 0.1) is 4.92 Å². The number of hydrogen-bond donors (Lipinski definition) is 1. The Labute approximate surface area is 136 Å². The van der Waals surface area contributed by atoms with E-state index in [9.17, 15) is 14.9 Å². The van der Waals surface area contributed by atoms with Crippen molar-refractivity contribution in [1.29, 1.82) is 0 Å². The molecule has 1 atom stereocenters. The highest BCUT2D eigenvalue weighted by Gasteiger charge is 2.34. The Morgan fingerprint density at radius 1 is 1.35 bits per heavy atom. The smallest absolute Gasteiger partial charge is 0.271 e. The van der Waals surface area contributed by atoms with Crippen molar-refractivity contribution in [3.63, 3.8) is 0 Å². The van der Waals surface area contributed by atoms with Crippen LogP contribution in [0.4, 0.5) is 11.4 Å². The van der Waals surface area contributed by atoms with Crippen molar-refractivity contribution in [3.05, 3.63) is 45.5 Å². The number of benzene rings is 1. The fourth-order valence-electron chi connectivity index (χ4n) is 2.62. The van der Waals surface area contributed by atoms with Gasteiger partial charge in [0.1, 0.15) is 6.17 Å². The van der Waals surface area contributed by atoms with Crippen LogP contribution in [0.1, 0.15) is 34.1 Å². The van der Waals surface area contributed by atoms with E-state index in [1.165, 1.54) is 12.1 Å². The third-order valence-corrected chi connectivity index (χ3v) is 4.20. The van der Waals surface area contributed by atoms with Gasteiger partial charge in [0.25, 0.3) is 11.6 Å². The highest BCUT2D eigenvalue weighted by Crippen LogP contribution is 2.28. The van der Waals surface area contributed by atoms with Gasteiger partial charge in [-0.15, -0.1) is 0 Å². The average molecular weight is 317 g/mol. The summed E-state index contributed by atoms with van der Waals surface area (Å²) in [6.07, 6.45) is 0.669. The number of non-ortho nitro benzene ring substituents is 1. The monoisotopic (exact) mass is 317 g/mol. The number of hydrogen-bond acceptors (Lipinski definition) is 4. The van der Waals surface area contributed by atoms with Crippen LogP contribution >= 0.6 is 0 Å². The van der Waals surface area contributed by atoms with Gasteiger partial charge in [-0.25, -0.2) is 0 Å². The summed E-state index contributed by atoms with van der Waals surface area (Å²) in [5.41, 5.74) is 2.38. The molecule has 23 heavy (non-hydrogen) atoms. The van der Waals surface area contributed by atoms with Gasteiger partial charge in [0, 0.05) is 29.9 Å². The van der Waals surface area contributed by atoms with E-state index in [0.717, 1.165) is 17.6 Å². The van der Waals surface area contributed by atoms with Crippen LogP contribution in [0.15, 0.2) is 35.4 Å². The van der Waals surface area contributed by atoms with Gasteiger partial charge in [-0.2, -0.15) is 0 Å². The lowest BCUT2D eigenvalue weighted by molar-refractivity contribution is -0.384. The zero-order chi connectivity index (χ0) is 17.1. The van der Waals surface area contributed by atoms with Gasteiger partial charge < -0.3 is 10.2 Å². The van der Waals surface area contributed by atoms with Gasteiger partial charge in [-0.3, -0.25) is 14.9 Å². The number of rotatable bonds is 6. The number of anilines is 1. The molecule has 1 aliphatic rings. The third-order valence-electron chi connectivity index (χ3n) is 4.20. The summed E-state index contributed by atoms with van der Waals surface area (Å²) in [6.45, 7) is 8.66. The van der Waals surface area contributed by atoms with Gasteiger partial charge in [-0.05, 0) is 37.8 Å². The van der Waals surface area contributed by atoms with E-state index >= 15 is 0 Å². The molecule has 0 saturated heterocycles. The Hall–Kier alpha value is -2.37. The molecule has 1 aromatic rings. The van der Waals surface area contributed by atoms with Crippen LogP contribution in [0.3, 0.4) is 0 Å². The lowest BCUT2D eigenvalue weighted by Crippen LogP contribution is -2.41. The zero-order valence-electron chi connectivity index (χ0n) is 14.0. The van der Waals surface area contributed by atoms with Crippen LogP contribution in [0.25, 0.3) is 0 Å². The lowest BCUT2D eigenvalue weighted by atomic mass is 10.1. The minimum absolute atomic E-state index is 0.0334. The first kappa shape index (κ1) is 17.0. The number of nitro benzene ring substituents is 1. The second kappa shape index (κ2) is 6.81. The molecule has 0 bridgehead atoms. The zero-order valence-corrected chi connectivity index (χ0v) is 14.0. The number of carbonyl (C=O) groups is 1.